The van der Waals surface area contributed by atoms with Crippen molar-refractivity contribution in [2.24, 2.45) is 0 Å². The lowest BCUT2D eigenvalue weighted by atomic mass is 10.0. The van der Waals surface area contributed by atoms with Crippen molar-refractivity contribution in [3.05, 3.63) is 53.6 Å². The van der Waals surface area contributed by atoms with Crippen molar-refractivity contribution >= 4 is 29.1 Å². The van der Waals surface area contributed by atoms with E-state index in [1.165, 1.54) is 34.6 Å². The first kappa shape index (κ1) is 21.5. The average molecular weight is 446 g/mol. The molecule has 1 fully saturated rings. The number of fused-ring (bicyclic) bond motifs is 1. The van der Waals surface area contributed by atoms with Crippen molar-refractivity contribution in [2.45, 2.75) is 43.3 Å². The molecule has 9 heteroatoms. The molecule has 0 unspecified atom stereocenters. The molecular formula is C22H25F2N5OS. The molecule has 0 spiro atoms. The minimum absolute atomic E-state index is 0.153. The molecule has 1 saturated heterocycles. The lowest BCUT2D eigenvalue weighted by molar-refractivity contribution is 0.0946. The number of nitrogens with zero attached hydrogens (tertiary/aromatic N) is 4. The van der Waals surface area contributed by atoms with Crippen LogP contribution in [-0.4, -0.2) is 46.0 Å². The van der Waals surface area contributed by atoms with Crippen molar-refractivity contribution in [1.82, 2.24) is 19.9 Å². The number of alkyl halides is 1. The Labute approximate surface area is 184 Å². The Balaban J connectivity index is 1.69. The minimum atomic E-state index is -1.06. The molecule has 0 bridgehead atoms. The number of hydrogen-bond donors (Lipinski definition) is 1. The number of anilines is 1. The fraction of sp³-hybridized carbons (Fsp3) is 0.409. The van der Waals surface area contributed by atoms with Crippen LogP contribution in [0.2, 0.25) is 0 Å². The van der Waals surface area contributed by atoms with E-state index < -0.39 is 6.17 Å². The highest BCUT2D eigenvalue weighted by atomic mass is 32.2. The Kier molecular flexibility index (Phi) is 6.41. The van der Waals surface area contributed by atoms with Gasteiger partial charge in [0.25, 0.3) is 5.91 Å². The van der Waals surface area contributed by atoms with Crippen LogP contribution in [0.15, 0.2) is 41.4 Å². The Hall–Kier alpha value is -2.68. The summed E-state index contributed by atoms with van der Waals surface area (Å²) in [5.74, 6) is -0.0737. The second-order valence-electron chi connectivity index (χ2n) is 7.60. The maximum Gasteiger partial charge on any atom is 0.271 e. The number of benzene rings is 1. The highest BCUT2D eigenvalue weighted by Crippen LogP contribution is 2.40. The Morgan fingerprint density at radius 2 is 2.16 bits per heavy atom. The lowest BCUT2D eigenvalue weighted by Crippen LogP contribution is -2.28. The van der Waals surface area contributed by atoms with Gasteiger partial charge in [-0.1, -0.05) is 13.3 Å². The number of imidazole rings is 1. The van der Waals surface area contributed by atoms with Crippen LogP contribution < -0.4 is 10.2 Å². The highest BCUT2D eigenvalue weighted by molar-refractivity contribution is 7.98. The minimum Gasteiger partial charge on any atom is -0.351 e. The van der Waals surface area contributed by atoms with Crippen molar-refractivity contribution < 1.29 is 13.6 Å². The van der Waals surface area contributed by atoms with Gasteiger partial charge in [0.2, 0.25) is 0 Å². The van der Waals surface area contributed by atoms with Crippen molar-refractivity contribution in [3.63, 3.8) is 0 Å². The lowest BCUT2D eigenvalue weighted by Gasteiger charge is -2.27. The zero-order chi connectivity index (χ0) is 22.0. The third-order valence-electron chi connectivity index (χ3n) is 5.49. The van der Waals surface area contributed by atoms with Gasteiger partial charge in [0.15, 0.2) is 11.3 Å². The SMILES string of the molecule is CCCCNC(=O)c1cnc2ccc(N3C[C@@H](F)C[C@@H]3c3cc(F)ccc3SC)nn12. The van der Waals surface area contributed by atoms with Crippen molar-refractivity contribution in [3.8, 4) is 0 Å². The smallest absolute Gasteiger partial charge is 0.271 e. The maximum absolute atomic E-state index is 14.5. The molecule has 1 N–H and O–H groups in total. The summed E-state index contributed by atoms with van der Waals surface area (Å²) in [6.07, 6.45) is 4.48. The van der Waals surface area contributed by atoms with Gasteiger partial charge in [-0.15, -0.1) is 16.9 Å². The van der Waals surface area contributed by atoms with Crippen LogP contribution in [-0.2, 0) is 0 Å². The number of thioether (sulfide) groups is 1. The normalized spacial score (nSPS) is 18.6. The predicted octanol–water partition coefficient (Wildman–Crippen LogP) is 4.41. The summed E-state index contributed by atoms with van der Waals surface area (Å²) in [6.45, 7) is 2.79. The van der Waals surface area contributed by atoms with E-state index in [0.29, 0.717) is 23.7 Å². The Morgan fingerprint density at radius 3 is 2.94 bits per heavy atom. The van der Waals surface area contributed by atoms with Crippen LogP contribution in [0.4, 0.5) is 14.6 Å². The first-order valence-electron chi connectivity index (χ1n) is 10.4. The molecule has 2 aromatic heterocycles. The van der Waals surface area contributed by atoms with E-state index in [-0.39, 0.29) is 30.7 Å². The van der Waals surface area contributed by atoms with Crippen LogP contribution in [0, 0.1) is 5.82 Å². The Bertz CT molecular complexity index is 1090. The number of hydrogen-bond acceptors (Lipinski definition) is 5. The molecule has 1 aromatic carbocycles. The fourth-order valence-electron chi connectivity index (χ4n) is 3.94. The van der Waals surface area contributed by atoms with Gasteiger partial charge in [0.1, 0.15) is 17.8 Å². The summed E-state index contributed by atoms with van der Waals surface area (Å²) in [4.78, 5) is 19.6. The third-order valence-corrected chi connectivity index (χ3v) is 6.30. The molecule has 1 aliphatic rings. The summed E-state index contributed by atoms with van der Waals surface area (Å²) >= 11 is 1.50. The maximum atomic E-state index is 14.5. The first-order chi connectivity index (χ1) is 15.0. The van der Waals surface area contributed by atoms with Crippen molar-refractivity contribution in [1.29, 1.82) is 0 Å². The van der Waals surface area contributed by atoms with Gasteiger partial charge >= 0.3 is 0 Å². The molecular weight excluding hydrogens is 420 g/mol. The average Bonchev–Trinajstić information content (AvgIpc) is 3.36. The molecule has 3 aromatic rings. The van der Waals surface area contributed by atoms with Crippen LogP contribution in [0.25, 0.3) is 5.65 Å². The van der Waals surface area contributed by atoms with E-state index in [4.69, 9.17) is 0 Å². The quantitative estimate of drug-likeness (QED) is 0.431. The Morgan fingerprint density at radius 1 is 1.32 bits per heavy atom. The van der Waals surface area contributed by atoms with Gasteiger partial charge in [-0.05, 0) is 48.6 Å². The molecule has 1 aliphatic heterocycles. The number of carbonyl (C=O) groups is 1. The van der Waals surface area contributed by atoms with Gasteiger partial charge in [-0.25, -0.2) is 18.3 Å². The summed E-state index contributed by atoms with van der Waals surface area (Å²) in [5.41, 5.74) is 1.61. The van der Waals surface area contributed by atoms with Crippen LogP contribution in [0.1, 0.15) is 48.3 Å². The van der Waals surface area contributed by atoms with E-state index in [1.807, 2.05) is 11.2 Å². The van der Waals surface area contributed by atoms with Crippen molar-refractivity contribution in [2.75, 3.05) is 24.2 Å². The standard InChI is InChI=1S/C22H25F2N5OS/c1-3-4-9-25-22(30)18-12-26-20-7-8-21(27-29(18)20)28-13-15(24)11-17(28)16-10-14(23)5-6-19(16)31-2/h5-8,10,12,15,17H,3-4,9,11,13H2,1-2H3,(H,25,30)/t15-,17+/m0/s1. The van der Waals surface area contributed by atoms with E-state index in [1.54, 1.807) is 18.2 Å². The zero-order valence-corrected chi connectivity index (χ0v) is 18.3. The van der Waals surface area contributed by atoms with Gasteiger partial charge in [-0.2, -0.15) is 0 Å². The second-order valence-corrected chi connectivity index (χ2v) is 8.45. The number of nitrogens with one attached hydrogen (secondary N) is 1. The monoisotopic (exact) mass is 445 g/mol. The molecule has 3 heterocycles. The third kappa shape index (κ3) is 4.37. The molecule has 0 radical (unpaired) electrons. The van der Waals surface area contributed by atoms with Gasteiger partial charge in [0, 0.05) is 17.9 Å². The number of unbranched alkanes of at least 4 members (excludes halogenated alkanes) is 1. The number of rotatable bonds is 7. The fourth-order valence-corrected chi connectivity index (χ4v) is 4.57. The molecule has 164 valence electrons. The topological polar surface area (TPSA) is 62.5 Å². The summed E-state index contributed by atoms with van der Waals surface area (Å²) in [5, 5.41) is 7.48. The van der Waals surface area contributed by atoms with Crippen LogP contribution in [0.5, 0.6) is 0 Å². The summed E-state index contributed by atoms with van der Waals surface area (Å²) < 4.78 is 30.0. The first-order valence-corrected chi connectivity index (χ1v) is 11.6. The molecule has 0 aliphatic carbocycles. The van der Waals surface area contributed by atoms with Crippen LogP contribution >= 0.6 is 11.8 Å². The number of aromatic nitrogens is 3. The number of carbonyl (C=O) groups excluding carboxylic acids is 1. The molecule has 1 amide bonds. The largest absolute Gasteiger partial charge is 0.351 e. The van der Waals surface area contributed by atoms with E-state index in [0.717, 1.165) is 23.3 Å². The molecule has 31 heavy (non-hydrogen) atoms. The molecule has 2 atom stereocenters. The number of amides is 1. The molecule has 6 nitrogen and oxygen atoms in total. The second kappa shape index (κ2) is 9.21. The summed E-state index contributed by atoms with van der Waals surface area (Å²) in [7, 11) is 0. The zero-order valence-electron chi connectivity index (χ0n) is 17.5. The van der Waals surface area contributed by atoms with Gasteiger partial charge < -0.3 is 10.2 Å². The van der Waals surface area contributed by atoms with Gasteiger partial charge in [-0.3, -0.25) is 4.79 Å². The summed E-state index contributed by atoms with van der Waals surface area (Å²) in [6, 6.07) is 7.80. The van der Waals surface area contributed by atoms with Crippen LogP contribution in [0.3, 0.4) is 0 Å². The van der Waals surface area contributed by atoms with Gasteiger partial charge in [0.05, 0.1) is 18.8 Å². The molecule has 4 rings (SSSR count). The van der Waals surface area contributed by atoms with E-state index >= 15 is 0 Å². The van der Waals surface area contributed by atoms with E-state index in [9.17, 15) is 13.6 Å². The van der Waals surface area contributed by atoms with E-state index in [2.05, 4.69) is 22.3 Å². The number of halogens is 2. The predicted molar refractivity (Wildman–Crippen MR) is 118 cm³/mol. The highest BCUT2D eigenvalue weighted by Gasteiger charge is 2.36. The molecule has 0 saturated carbocycles.